The first-order chi connectivity index (χ1) is 9.22. The molecule has 0 aliphatic rings. The molecule has 6 nitrogen and oxygen atoms in total. The van der Waals surface area contributed by atoms with Crippen LogP contribution >= 0.6 is 0 Å². The van der Waals surface area contributed by atoms with Gasteiger partial charge in [-0.1, -0.05) is 25.1 Å². The normalized spacial score (nSPS) is 10.4. The van der Waals surface area contributed by atoms with Gasteiger partial charge in [0.25, 0.3) is 5.56 Å². The van der Waals surface area contributed by atoms with E-state index < -0.39 is 0 Å². The molecule has 0 saturated heterocycles. The van der Waals surface area contributed by atoms with E-state index in [0.29, 0.717) is 17.6 Å². The van der Waals surface area contributed by atoms with Crippen molar-refractivity contribution in [3.05, 3.63) is 40.3 Å². The Morgan fingerprint density at radius 3 is 2.74 bits per heavy atom. The van der Waals surface area contributed by atoms with E-state index in [1.807, 2.05) is 19.1 Å². The van der Waals surface area contributed by atoms with Gasteiger partial charge < -0.3 is 10.6 Å². The summed E-state index contributed by atoms with van der Waals surface area (Å²) < 4.78 is 0. The third kappa shape index (κ3) is 3.09. The molecule has 0 atom stereocenters. The first-order valence-corrected chi connectivity index (χ1v) is 6.20. The number of amides is 2. The summed E-state index contributed by atoms with van der Waals surface area (Å²) in [7, 11) is 0. The Balaban J connectivity index is 2.15. The van der Waals surface area contributed by atoms with Crippen LogP contribution in [0.15, 0.2) is 29.1 Å². The standard InChI is InChI=1S/C13H16N4O2/c1-2-7-14-13(19)15-8-11-9-5-3-4-6-10(9)12(18)17-16-11/h3-6H,2,7-8H2,1H3,(H,17,18)(H2,14,15,19). The number of carbonyl (C=O) groups is 1. The Labute approximate surface area is 110 Å². The largest absolute Gasteiger partial charge is 0.338 e. The van der Waals surface area contributed by atoms with Crippen molar-refractivity contribution in [2.24, 2.45) is 0 Å². The lowest BCUT2D eigenvalue weighted by atomic mass is 10.1. The van der Waals surface area contributed by atoms with E-state index in [2.05, 4.69) is 20.8 Å². The average molecular weight is 260 g/mol. The Morgan fingerprint density at radius 1 is 1.26 bits per heavy atom. The highest BCUT2D eigenvalue weighted by molar-refractivity contribution is 5.83. The van der Waals surface area contributed by atoms with E-state index in [1.165, 1.54) is 0 Å². The molecule has 19 heavy (non-hydrogen) atoms. The van der Waals surface area contributed by atoms with Gasteiger partial charge in [-0.15, -0.1) is 0 Å². The molecule has 2 amide bonds. The zero-order valence-corrected chi connectivity index (χ0v) is 10.7. The molecule has 2 rings (SSSR count). The average Bonchev–Trinajstić information content (AvgIpc) is 2.45. The molecule has 1 aromatic heterocycles. The molecule has 0 radical (unpaired) electrons. The molecule has 0 fully saturated rings. The van der Waals surface area contributed by atoms with Crippen LogP contribution in [0.5, 0.6) is 0 Å². The van der Waals surface area contributed by atoms with Crippen molar-refractivity contribution >= 4 is 16.8 Å². The van der Waals surface area contributed by atoms with Crippen molar-refractivity contribution in [1.29, 1.82) is 0 Å². The van der Waals surface area contributed by atoms with Crippen molar-refractivity contribution in [2.75, 3.05) is 6.54 Å². The summed E-state index contributed by atoms with van der Waals surface area (Å²) in [5.74, 6) is 0. The molecule has 0 bridgehead atoms. The summed E-state index contributed by atoms with van der Waals surface area (Å²) in [6.07, 6.45) is 0.882. The maximum atomic E-state index is 11.6. The van der Waals surface area contributed by atoms with Gasteiger partial charge >= 0.3 is 6.03 Å². The smallest absolute Gasteiger partial charge is 0.315 e. The van der Waals surface area contributed by atoms with Gasteiger partial charge in [0, 0.05) is 11.9 Å². The molecule has 0 unspecified atom stereocenters. The second kappa shape index (κ2) is 5.99. The van der Waals surface area contributed by atoms with Crippen LogP contribution in [-0.4, -0.2) is 22.8 Å². The van der Waals surface area contributed by atoms with Crippen LogP contribution in [-0.2, 0) is 6.54 Å². The first kappa shape index (κ1) is 13.1. The van der Waals surface area contributed by atoms with E-state index in [1.54, 1.807) is 12.1 Å². The topological polar surface area (TPSA) is 86.9 Å². The van der Waals surface area contributed by atoms with Crippen LogP contribution in [0.1, 0.15) is 19.0 Å². The van der Waals surface area contributed by atoms with E-state index in [4.69, 9.17) is 0 Å². The lowest BCUT2D eigenvalue weighted by Crippen LogP contribution is -2.35. The second-order valence-electron chi connectivity index (χ2n) is 4.15. The Kier molecular flexibility index (Phi) is 4.12. The minimum atomic E-state index is -0.237. The summed E-state index contributed by atoms with van der Waals surface area (Å²) in [5, 5.41) is 13.2. The number of fused-ring (bicyclic) bond motifs is 1. The summed E-state index contributed by atoms with van der Waals surface area (Å²) >= 11 is 0. The van der Waals surface area contributed by atoms with Gasteiger partial charge in [-0.25, -0.2) is 9.89 Å². The third-order valence-corrected chi connectivity index (χ3v) is 2.73. The summed E-state index contributed by atoms with van der Waals surface area (Å²) in [6, 6.07) is 6.95. The Hall–Kier alpha value is -2.37. The van der Waals surface area contributed by atoms with Crippen molar-refractivity contribution in [1.82, 2.24) is 20.8 Å². The fraction of sp³-hybridized carbons (Fsp3) is 0.308. The number of aromatic amines is 1. The number of hydrogen-bond acceptors (Lipinski definition) is 3. The number of urea groups is 1. The minimum Gasteiger partial charge on any atom is -0.338 e. The second-order valence-corrected chi connectivity index (χ2v) is 4.15. The molecule has 1 aromatic carbocycles. The Bertz CT molecular complexity index is 636. The number of nitrogens with one attached hydrogen (secondary N) is 3. The van der Waals surface area contributed by atoms with E-state index >= 15 is 0 Å². The van der Waals surface area contributed by atoms with Gasteiger partial charge in [-0.05, 0) is 12.5 Å². The van der Waals surface area contributed by atoms with Gasteiger partial charge in [-0.2, -0.15) is 5.10 Å². The molecule has 0 saturated carbocycles. The monoisotopic (exact) mass is 260 g/mol. The van der Waals surface area contributed by atoms with Crippen LogP contribution in [0.25, 0.3) is 10.8 Å². The van der Waals surface area contributed by atoms with Gasteiger partial charge in [0.15, 0.2) is 0 Å². The number of hydrogen-bond donors (Lipinski definition) is 3. The number of benzene rings is 1. The Morgan fingerprint density at radius 2 is 2.00 bits per heavy atom. The van der Waals surface area contributed by atoms with Gasteiger partial charge in [0.1, 0.15) is 0 Å². The molecule has 0 aliphatic carbocycles. The zero-order valence-electron chi connectivity index (χ0n) is 10.7. The van der Waals surface area contributed by atoms with E-state index in [-0.39, 0.29) is 18.1 Å². The SMILES string of the molecule is CCCNC(=O)NCc1n[nH]c(=O)c2ccccc12. The number of carbonyl (C=O) groups excluding carboxylic acids is 1. The predicted octanol–water partition coefficient (Wildman–Crippen LogP) is 1.13. The van der Waals surface area contributed by atoms with Crippen LogP contribution in [0.4, 0.5) is 4.79 Å². The van der Waals surface area contributed by atoms with Crippen molar-refractivity contribution in [3.63, 3.8) is 0 Å². The number of nitrogens with zero attached hydrogens (tertiary/aromatic N) is 1. The highest BCUT2D eigenvalue weighted by Gasteiger charge is 2.06. The highest BCUT2D eigenvalue weighted by atomic mass is 16.2. The number of aromatic nitrogens is 2. The van der Waals surface area contributed by atoms with E-state index in [0.717, 1.165) is 11.8 Å². The fourth-order valence-corrected chi connectivity index (χ4v) is 1.77. The molecule has 100 valence electrons. The molecule has 0 aliphatic heterocycles. The molecular weight excluding hydrogens is 244 g/mol. The summed E-state index contributed by atoms with van der Waals surface area (Å²) in [4.78, 5) is 23.0. The summed E-state index contributed by atoms with van der Waals surface area (Å²) in [6.45, 7) is 2.88. The van der Waals surface area contributed by atoms with Crippen molar-refractivity contribution < 1.29 is 4.79 Å². The highest BCUT2D eigenvalue weighted by Crippen LogP contribution is 2.11. The van der Waals surface area contributed by atoms with Crippen LogP contribution in [0.3, 0.4) is 0 Å². The number of H-pyrrole nitrogens is 1. The molecule has 6 heteroatoms. The van der Waals surface area contributed by atoms with Crippen molar-refractivity contribution in [3.8, 4) is 0 Å². The molecule has 0 spiro atoms. The summed E-state index contributed by atoms with van der Waals surface area (Å²) in [5.41, 5.74) is 0.414. The zero-order chi connectivity index (χ0) is 13.7. The lowest BCUT2D eigenvalue weighted by molar-refractivity contribution is 0.240. The maximum Gasteiger partial charge on any atom is 0.315 e. The minimum absolute atomic E-state index is 0.227. The van der Waals surface area contributed by atoms with Crippen LogP contribution < -0.4 is 16.2 Å². The quantitative estimate of drug-likeness (QED) is 0.770. The van der Waals surface area contributed by atoms with Crippen molar-refractivity contribution in [2.45, 2.75) is 19.9 Å². The number of rotatable bonds is 4. The first-order valence-electron chi connectivity index (χ1n) is 6.20. The maximum absolute atomic E-state index is 11.6. The van der Waals surface area contributed by atoms with Gasteiger partial charge in [0.05, 0.1) is 17.6 Å². The van der Waals surface area contributed by atoms with Gasteiger partial charge in [0.2, 0.25) is 0 Å². The van der Waals surface area contributed by atoms with E-state index in [9.17, 15) is 9.59 Å². The predicted molar refractivity (Wildman–Crippen MR) is 72.9 cm³/mol. The molecular formula is C13H16N4O2. The third-order valence-electron chi connectivity index (χ3n) is 2.73. The fourth-order valence-electron chi connectivity index (χ4n) is 1.77. The van der Waals surface area contributed by atoms with Crippen LogP contribution in [0.2, 0.25) is 0 Å². The van der Waals surface area contributed by atoms with Crippen LogP contribution in [0, 0.1) is 0 Å². The molecule has 1 heterocycles. The molecule has 2 aromatic rings. The lowest BCUT2D eigenvalue weighted by Gasteiger charge is -2.07. The molecule has 3 N–H and O–H groups in total. The van der Waals surface area contributed by atoms with Gasteiger partial charge in [-0.3, -0.25) is 4.79 Å².